The smallest absolute Gasteiger partial charge is 0.131 e. The number of nitrogens with zero attached hydrogens (tertiary/aromatic N) is 1. The Morgan fingerprint density at radius 1 is 1.29 bits per heavy atom. The number of aromatic nitrogens is 2. The summed E-state index contributed by atoms with van der Waals surface area (Å²) in [6, 6.07) is 8.39. The number of rotatable bonds is 6. The van der Waals surface area contributed by atoms with Gasteiger partial charge in [-0.2, -0.15) is 0 Å². The van der Waals surface area contributed by atoms with Crippen LogP contribution in [0.1, 0.15) is 25.2 Å². The topological polar surface area (TPSA) is 40.7 Å². The summed E-state index contributed by atoms with van der Waals surface area (Å²) in [6.45, 7) is 5.04. The van der Waals surface area contributed by atoms with Crippen LogP contribution < -0.4 is 5.32 Å². The lowest BCUT2D eigenvalue weighted by molar-refractivity contribution is 0.620. The molecule has 0 saturated heterocycles. The van der Waals surface area contributed by atoms with Gasteiger partial charge in [0.15, 0.2) is 0 Å². The summed E-state index contributed by atoms with van der Waals surface area (Å²) in [5.74, 6) is 2.11. The van der Waals surface area contributed by atoms with E-state index in [9.17, 15) is 4.39 Å². The number of hydrogen-bond acceptors (Lipinski definition) is 3. The third-order valence-electron chi connectivity index (χ3n) is 3.04. The zero-order chi connectivity index (χ0) is 15.2. The molecule has 21 heavy (non-hydrogen) atoms. The fourth-order valence-electron chi connectivity index (χ4n) is 2.08. The Labute approximate surface area is 129 Å². The van der Waals surface area contributed by atoms with Crippen molar-refractivity contribution in [2.75, 3.05) is 11.9 Å². The molecule has 0 spiro atoms. The van der Waals surface area contributed by atoms with Crippen LogP contribution in [-0.4, -0.2) is 16.5 Å². The summed E-state index contributed by atoms with van der Waals surface area (Å²) >= 11 is 5.19. The van der Waals surface area contributed by atoms with Gasteiger partial charge in [-0.05, 0) is 30.0 Å². The highest BCUT2D eigenvalue weighted by Gasteiger charge is 2.02. The average molecular weight is 305 g/mol. The highest BCUT2D eigenvalue weighted by Crippen LogP contribution is 2.09. The van der Waals surface area contributed by atoms with Crippen LogP contribution >= 0.6 is 12.2 Å². The van der Waals surface area contributed by atoms with E-state index < -0.39 is 0 Å². The van der Waals surface area contributed by atoms with Crippen molar-refractivity contribution < 1.29 is 4.39 Å². The second kappa shape index (κ2) is 7.31. The molecule has 3 nitrogen and oxygen atoms in total. The number of halogens is 1. The SMILES string of the molecule is CC(C)Cc1nc(=S)cc(NCCc2ccc(F)cc2)[nH]1. The minimum Gasteiger partial charge on any atom is -0.371 e. The van der Waals surface area contributed by atoms with Crippen molar-refractivity contribution in [3.8, 4) is 0 Å². The van der Waals surface area contributed by atoms with E-state index in [1.54, 1.807) is 12.1 Å². The molecular formula is C16H20FN3S. The monoisotopic (exact) mass is 305 g/mol. The van der Waals surface area contributed by atoms with E-state index in [4.69, 9.17) is 12.2 Å². The molecule has 2 aromatic rings. The van der Waals surface area contributed by atoms with E-state index in [0.29, 0.717) is 10.6 Å². The molecule has 2 rings (SSSR count). The predicted octanol–water partition coefficient (Wildman–Crippen LogP) is 4.13. The molecule has 0 aliphatic heterocycles. The molecule has 0 atom stereocenters. The first-order valence-corrected chi connectivity index (χ1v) is 7.52. The molecule has 1 aromatic carbocycles. The van der Waals surface area contributed by atoms with Gasteiger partial charge >= 0.3 is 0 Å². The maximum Gasteiger partial charge on any atom is 0.131 e. The van der Waals surface area contributed by atoms with Crippen LogP contribution in [0.5, 0.6) is 0 Å². The summed E-state index contributed by atoms with van der Waals surface area (Å²) in [5, 5.41) is 3.31. The maximum atomic E-state index is 12.8. The van der Waals surface area contributed by atoms with Crippen LogP contribution in [0.25, 0.3) is 0 Å². The molecule has 0 amide bonds. The van der Waals surface area contributed by atoms with Crippen molar-refractivity contribution in [1.29, 1.82) is 0 Å². The summed E-state index contributed by atoms with van der Waals surface area (Å²) in [4.78, 5) is 7.59. The third kappa shape index (κ3) is 5.27. The lowest BCUT2D eigenvalue weighted by Crippen LogP contribution is -2.09. The van der Waals surface area contributed by atoms with Gasteiger partial charge in [0.1, 0.15) is 22.1 Å². The molecule has 0 radical (unpaired) electrons. The molecule has 0 saturated carbocycles. The van der Waals surface area contributed by atoms with Crippen LogP contribution in [-0.2, 0) is 12.8 Å². The maximum absolute atomic E-state index is 12.8. The van der Waals surface area contributed by atoms with Crippen LogP contribution in [0.4, 0.5) is 10.2 Å². The van der Waals surface area contributed by atoms with E-state index in [0.717, 1.165) is 36.6 Å². The highest BCUT2D eigenvalue weighted by atomic mass is 32.1. The van der Waals surface area contributed by atoms with E-state index in [2.05, 4.69) is 29.1 Å². The fraction of sp³-hybridized carbons (Fsp3) is 0.375. The first-order chi connectivity index (χ1) is 10.0. The standard InChI is InChI=1S/C16H20FN3S/c1-11(2)9-15-19-14(10-16(21)20-15)18-8-7-12-3-5-13(17)6-4-12/h3-6,10-11H,7-9H2,1-2H3,(H2,18,19,20,21). The zero-order valence-electron chi connectivity index (χ0n) is 12.3. The first-order valence-electron chi connectivity index (χ1n) is 7.11. The van der Waals surface area contributed by atoms with Gasteiger partial charge in [0.05, 0.1) is 0 Å². The van der Waals surface area contributed by atoms with Crippen molar-refractivity contribution in [3.05, 3.63) is 52.2 Å². The highest BCUT2D eigenvalue weighted by molar-refractivity contribution is 7.71. The lowest BCUT2D eigenvalue weighted by Gasteiger charge is -2.10. The van der Waals surface area contributed by atoms with Crippen molar-refractivity contribution in [2.24, 2.45) is 5.92 Å². The Kier molecular flexibility index (Phi) is 5.44. The summed E-state index contributed by atoms with van der Waals surface area (Å²) in [5.41, 5.74) is 1.10. The average Bonchev–Trinajstić information content (AvgIpc) is 2.39. The number of aromatic amines is 1. The van der Waals surface area contributed by atoms with Crippen LogP contribution in [0.3, 0.4) is 0 Å². The van der Waals surface area contributed by atoms with Crippen molar-refractivity contribution in [1.82, 2.24) is 9.97 Å². The summed E-state index contributed by atoms with van der Waals surface area (Å²) in [7, 11) is 0. The molecule has 5 heteroatoms. The Bertz CT molecular complexity index is 635. The van der Waals surface area contributed by atoms with Gasteiger partial charge in [0.2, 0.25) is 0 Å². The van der Waals surface area contributed by atoms with Gasteiger partial charge in [0, 0.05) is 19.0 Å². The minimum absolute atomic E-state index is 0.205. The number of benzene rings is 1. The second-order valence-electron chi connectivity index (χ2n) is 5.48. The second-order valence-corrected chi connectivity index (χ2v) is 5.90. The van der Waals surface area contributed by atoms with Crippen molar-refractivity contribution in [3.63, 3.8) is 0 Å². The molecule has 0 fully saturated rings. The molecule has 1 heterocycles. The summed E-state index contributed by atoms with van der Waals surface area (Å²) < 4.78 is 13.4. The largest absolute Gasteiger partial charge is 0.371 e. The van der Waals surface area contributed by atoms with Crippen LogP contribution in [0.2, 0.25) is 0 Å². The van der Waals surface area contributed by atoms with Gasteiger partial charge in [-0.3, -0.25) is 0 Å². The fourth-order valence-corrected chi connectivity index (χ4v) is 2.31. The molecule has 0 unspecified atom stereocenters. The molecule has 112 valence electrons. The van der Waals surface area contributed by atoms with Gasteiger partial charge < -0.3 is 10.3 Å². The molecule has 0 bridgehead atoms. The Hall–Kier alpha value is -1.75. The first kappa shape index (κ1) is 15.6. The number of hydrogen-bond donors (Lipinski definition) is 2. The molecule has 0 aliphatic carbocycles. The molecular weight excluding hydrogens is 285 g/mol. The van der Waals surface area contributed by atoms with Crippen LogP contribution in [0.15, 0.2) is 30.3 Å². The minimum atomic E-state index is -0.205. The van der Waals surface area contributed by atoms with Crippen molar-refractivity contribution >= 4 is 18.0 Å². The van der Waals surface area contributed by atoms with E-state index in [1.807, 2.05) is 6.07 Å². The molecule has 0 aliphatic rings. The van der Waals surface area contributed by atoms with Gasteiger partial charge in [-0.25, -0.2) is 9.37 Å². The third-order valence-corrected chi connectivity index (χ3v) is 3.25. The Morgan fingerprint density at radius 3 is 2.67 bits per heavy atom. The number of anilines is 1. The van der Waals surface area contributed by atoms with E-state index in [1.165, 1.54) is 12.1 Å². The van der Waals surface area contributed by atoms with Gasteiger partial charge in [0.25, 0.3) is 0 Å². The quantitative estimate of drug-likeness (QED) is 0.788. The Balaban J connectivity index is 1.95. The van der Waals surface area contributed by atoms with Crippen molar-refractivity contribution in [2.45, 2.75) is 26.7 Å². The predicted molar refractivity (Wildman–Crippen MR) is 86.6 cm³/mol. The number of nitrogens with one attached hydrogen (secondary N) is 2. The lowest BCUT2D eigenvalue weighted by atomic mass is 10.1. The zero-order valence-corrected chi connectivity index (χ0v) is 13.1. The molecule has 2 N–H and O–H groups in total. The Morgan fingerprint density at radius 2 is 2.00 bits per heavy atom. The molecule has 1 aromatic heterocycles. The number of H-pyrrole nitrogens is 1. The van der Waals surface area contributed by atoms with Gasteiger partial charge in [-0.1, -0.05) is 38.2 Å². The normalized spacial score (nSPS) is 10.9. The van der Waals surface area contributed by atoms with Gasteiger partial charge in [-0.15, -0.1) is 0 Å². The van der Waals surface area contributed by atoms with E-state index >= 15 is 0 Å². The van der Waals surface area contributed by atoms with E-state index in [-0.39, 0.29) is 5.82 Å². The summed E-state index contributed by atoms with van der Waals surface area (Å²) in [6.07, 6.45) is 1.69. The van der Waals surface area contributed by atoms with Crippen LogP contribution in [0, 0.1) is 16.4 Å².